The van der Waals surface area contributed by atoms with Crippen molar-refractivity contribution in [1.29, 1.82) is 0 Å². The molecule has 8 heteroatoms. The molecule has 0 amide bonds. The van der Waals surface area contributed by atoms with E-state index >= 15 is 0 Å². The number of carboxylic acid groups (broad SMARTS) is 1. The van der Waals surface area contributed by atoms with Crippen LogP contribution in [0, 0.1) is 6.92 Å². The largest absolute Gasteiger partial charge is 0.489 e. The Morgan fingerprint density at radius 3 is 2.71 bits per heavy atom. The minimum absolute atomic E-state index is 0.0926. The van der Waals surface area contributed by atoms with Crippen molar-refractivity contribution >= 4 is 33.3 Å². The molecule has 1 heterocycles. The van der Waals surface area contributed by atoms with Gasteiger partial charge in [-0.05, 0) is 36.8 Å². The fraction of sp³-hybridized carbons (Fsp3) is 0.188. The maximum atomic E-state index is 13.1. The monoisotopic (exact) mass is 367 g/mol. The molecule has 0 bridgehead atoms. The van der Waals surface area contributed by atoms with Crippen molar-refractivity contribution in [1.82, 2.24) is 0 Å². The van der Waals surface area contributed by atoms with Gasteiger partial charge in [-0.3, -0.25) is 4.31 Å². The van der Waals surface area contributed by atoms with Crippen LogP contribution in [0.4, 0.5) is 5.69 Å². The molecule has 0 aromatic heterocycles. The molecule has 0 unspecified atom stereocenters. The Labute approximate surface area is 144 Å². The molecular weight excluding hydrogens is 354 g/mol. The number of benzene rings is 2. The highest BCUT2D eigenvalue weighted by Gasteiger charge is 2.32. The third kappa shape index (κ3) is 2.70. The van der Waals surface area contributed by atoms with Crippen LogP contribution in [0.1, 0.15) is 15.9 Å². The summed E-state index contributed by atoms with van der Waals surface area (Å²) in [5.41, 5.74) is 0.552. The summed E-state index contributed by atoms with van der Waals surface area (Å²) >= 11 is 6.04. The summed E-state index contributed by atoms with van der Waals surface area (Å²) in [4.78, 5) is 11.1. The van der Waals surface area contributed by atoms with E-state index in [1.807, 2.05) is 0 Å². The van der Waals surface area contributed by atoms with E-state index in [9.17, 15) is 18.3 Å². The van der Waals surface area contributed by atoms with Gasteiger partial charge in [-0.2, -0.15) is 0 Å². The third-order valence-electron chi connectivity index (χ3n) is 3.80. The molecule has 126 valence electrons. The van der Waals surface area contributed by atoms with Crippen LogP contribution in [0.2, 0.25) is 5.02 Å². The average Bonchev–Trinajstić information content (AvgIpc) is 2.56. The molecule has 0 saturated heterocycles. The van der Waals surface area contributed by atoms with Crippen LogP contribution in [0.15, 0.2) is 41.3 Å². The van der Waals surface area contributed by atoms with Gasteiger partial charge in [0.15, 0.2) is 0 Å². The Bertz CT molecular complexity index is 926. The number of carbonyl (C=O) groups is 1. The number of aromatic carboxylic acids is 1. The van der Waals surface area contributed by atoms with Gasteiger partial charge in [0.05, 0.1) is 22.7 Å². The average molecular weight is 368 g/mol. The summed E-state index contributed by atoms with van der Waals surface area (Å²) in [7, 11) is -3.98. The highest BCUT2D eigenvalue weighted by molar-refractivity contribution is 7.93. The number of carboxylic acids is 1. The fourth-order valence-electron chi connectivity index (χ4n) is 2.56. The summed E-state index contributed by atoms with van der Waals surface area (Å²) in [6, 6.07) is 9.17. The van der Waals surface area contributed by atoms with Crippen molar-refractivity contribution in [3.63, 3.8) is 0 Å². The summed E-state index contributed by atoms with van der Waals surface area (Å²) in [5, 5.41) is 9.26. The minimum Gasteiger partial charge on any atom is -0.489 e. The number of rotatable bonds is 3. The molecule has 0 radical (unpaired) electrons. The molecule has 0 saturated carbocycles. The Kier molecular flexibility index (Phi) is 4.15. The van der Waals surface area contributed by atoms with E-state index in [-0.39, 0.29) is 28.6 Å². The summed E-state index contributed by atoms with van der Waals surface area (Å²) in [6.45, 7) is 1.89. The molecule has 6 nitrogen and oxygen atoms in total. The zero-order valence-electron chi connectivity index (χ0n) is 12.7. The molecule has 0 aliphatic carbocycles. The van der Waals surface area contributed by atoms with Gasteiger partial charge in [-0.25, -0.2) is 13.2 Å². The maximum absolute atomic E-state index is 13.1. The number of halogens is 1. The van der Waals surface area contributed by atoms with Gasteiger partial charge in [0.2, 0.25) is 0 Å². The lowest BCUT2D eigenvalue weighted by atomic mass is 10.1. The van der Waals surface area contributed by atoms with Crippen molar-refractivity contribution in [3.8, 4) is 5.75 Å². The third-order valence-corrected chi connectivity index (χ3v) is 6.13. The van der Waals surface area contributed by atoms with Gasteiger partial charge in [-0.15, -0.1) is 0 Å². The van der Waals surface area contributed by atoms with Crippen molar-refractivity contribution in [2.45, 2.75) is 11.8 Å². The number of anilines is 1. The van der Waals surface area contributed by atoms with E-state index in [2.05, 4.69) is 0 Å². The number of hydrogen-bond donors (Lipinski definition) is 1. The Hall–Kier alpha value is -2.25. The molecule has 2 aromatic rings. The number of para-hydroxylation sites is 2. The van der Waals surface area contributed by atoms with E-state index in [4.69, 9.17) is 16.3 Å². The zero-order chi connectivity index (χ0) is 17.5. The molecule has 0 spiro atoms. The summed E-state index contributed by atoms with van der Waals surface area (Å²) in [5.74, 6) is -0.777. The first-order valence-corrected chi connectivity index (χ1v) is 8.92. The van der Waals surface area contributed by atoms with Crippen molar-refractivity contribution in [3.05, 3.63) is 52.5 Å². The van der Waals surface area contributed by atoms with Crippen LogP contribution in [0.3, 0.4) is 0 Å². The Morgan fingerprint density at radius 2 is 2.00 bits per heavy atom. The topological polar surface area (TPSA) is 83.9 Å². The number of hydrogen-bond acceptors (Lipinski definition) is 4. The summed E-state index contributed by atoms with van der Waals surface area (Å²) in [6.07, 6.45) is 0. The number of nitrogens with zero attached hydrogens (tertiary/aromatic N) is 1. The van der Waals surface area contributed by atoms with Gasteiger partial charge in [-0.1, -0.05) is 23.7 Å². The maximum Gasteiger partial charge on any atom is 0.335 e. The molecule has 24 heavy (non-hydrogen) atoms. The van der Waals surface area contributed by atoms with E-state index in [1.54, 1.807) is 31.2 Å². The van der Waals surface area contributed by atoms with Crippen LogP contribution in [0.25, 0.3) is 0 Å². The minimum atomic E-state index is -3.98. The van der Waals surface area contributed by atoms with Crippen molar-refractivity contribution in [2.24, 2.45) is 0 Å². The lowest BCUT2D eigenvalue weighted by Crippen LogP contribution is -2.38. The van der Waals surface area contributed by atoms with Crippen molar-refractivity contribution < 1.29 is 23.1 Å². The van der Waals surface area contributed by atoms with Crippen molar-refractivity contribution in [2.75, 3.05) is 17.5 Å². The molecule has 3 rings (SSSR count). The van der Waals surface area contributed by atoms with Crippen LogP contribution in [-0.2, 0) is 10.0 Å². The molecule has 1 N–H and O–H groups in total. The molecular formula is C16H14ClNO5S. The zero-order valence-corrected chi connectivity index (χ0v) is 14.3. The van der Waals surface area contributed by atoms with Crippen LogP contribution >= 0.6 is 11.6 Å². The number of fused-ring (bicyclic) bond motifs is 1. The predicted molar refractivity (Wildman–Crippen MR) is 89.6 cm³/mol. The molecule has 2 aromatic carbocycles. The number of ether oxygens (including phenoxy) is 1. The first kappa shape index (κ1) is 16.6. The lowest BCUT2D eigenvalue weighted by molar-refractivity contribution is 0.0696. The second-order valence-electron chi connectivity index (χ2n) is 5.28. The van der Waals surface area contributed by atoms with E-state index < -0.39 is 16.0 Å². The predicted octanol–water partition coefficient (Wildman–Crippen LogP) is 2.93. The molecule has 1 aliphatic rings. The molecule has 1 aliphatic heterocycles. The normalized spacial score (nSPS) is 14.0. The smallest absolute Gasteiger partial charge is 0.335 e. The first-order chi connectivity index (χ1) is 11.3. The van der Waals surface area contributed by atoms with Gasteiger partial charge in [0.25, 0.3) is 10.0 Å². The van der Waals surface area contributed by atoms with E-state index in [0.29, 0.717) is 17.0 Å². The standard InChI is InChI=1S/C16H14ClNO5S/c1-10-12(17)8-11(16(19)20)9-15(10)24(21,22)18-6-7-23-14-5-3-2-4-13(14)18/h2-5,8-9H,6-7H2,1H3,(H,19,20). The lowest BCUT2D eigenvalue weighted by Gasteiger charge is -2.31. The second-order valence-corrected chi connectivity index (χ2v) is 7.52. The van der Waals surface area contributed by atoms with Crippen LogP contribution < -0.4 is 9.04 Å². The highest BCUT2D eigenvalue weighted by Crippen LogP contribution is 2.36. The van der Waals surface area contributed by atoms with Gasteiger partial charge < -0.3 is 9.84 Å². The van der Waals surface area contributed by atoms with E-state index in [0.717, 1.165) is 6.07 Å². The fourth-order valence-corrected chi connectivity index (χ4v) is 4.57. The number of sulfonamides is 1. The van der Waals surface area contributed by atoms with Gasteiger partial charge in [0.1, 0.15) is 12.4 Å². The van der Waals surface area contributed by atoms with E-state index in [1.165, 1.54) is 10.4 Å². The first-order valence-electron chi connectivity index (χ1n) is 7.10. The molecule has 0 fully saturated rings. The Balaban J connectivity index is 2.18. The van der Waals surface area contributed by atoms with Gasteiger partial charge >= 0.3 is 5.97 Å². The van der Waals surface area contributed by atoms with Gasteiger partial charge in [0, 0.05) is 5.02 Å². The Morgan fingerprint density at radius 1 is 1.29 bits per heavy atom. The SMILES string of the molecule is Cc1c(Cl)cc(C(=O)O)cc1S(=O)(=O)N1CCOc2ccccc21. The quantitative estimate of drug-likeness (QED) is 0.901. The highest BCUT2D eigenvalue weighted by atomic mass is 35.5. The second kappa shape index (κ2) is 5.99. The molecule has 0 atom stereocenters. The van der Waals surface area contributed by atoms with Crippen LogP contribution in [0.5, 0.6) is 5.75 Å². The van der Waals surface area contributed by atoms with Crippen LogP contribution in [-0.4, -0.2) is 32.6 Å². The summed E-state index contributed by atoms with van der Waals surface area (Å²) < 4.78 is 32.9.